The zero-order valence-electron chi connectivity index (χ0n) is 17.7. The van der Waals surface area contributed by atoms with Crippen LogP contribution in [0.2, 0.25) is 0 Å². The molecule has 1 saturated carbocycles. The Morgan fingerprint density at radius 1 is 1.00 bits per heavy atom. The van der Waals surface area contributed by atoms with Crippen LogP contribution >= 0.6 is 0 Å². The van der Waals surface area contributed by atoms with Crippen molar-refractivity contribution in [1.82, 2.24) is 20.0 Å². The molecule has 2 heterocycles. The Morgan fingerprint density at radius 3 is 2.22 bits per heavy atom. The SMILES string of the molecule is CCNC(=NCC1(C)CCCC1)N1CCN(C(C)C(=O)N2CCCC2)CC1. The highest BCUT2D eigenvalue weighted by Crippen LogP contribution is 2.37. The molecule has 0 aromatic carbocycles. The van der Waals surface area contributed by atoms with Crippen molar-refractivity contribution in [2.24, 2.45) is 10.4 Å². The summed E-state index contributed by atoms with van der Waals surface area (Å²) in [5.74, 6) is 1.37. The lowest BCUT2D eigenvalue weighted by Crippen LogP contribution is -2.57. The maximum Gasteiger partial charge on any atom is 0.239 e. The summed E-state index contributed by atoms with van der Waals surface area (Å²) in [6, 6.07) is 0.00201. The molecule has 1 atom stereocenters. The monoisotopic (exact) mass is 377 g/mol. The van der Waals surface area contributed by atoms with E-state index in [4.69, 9.17) is 4.99 Å². The molecule has 0 spiro atoms. The molecular formula is C21H39N5O. The molecule has 1 unspecified atom stereocenters. The second-order valence-electron chi connectivity index (χ2n) is 8.92. The van der Waals surface area contributed by atoms with Gasteiger partial charge in [0, 0.05) is 52.4 Å². The Morgan fingerprint density at radius 2 is 1.63 bits per heavy atom. The lowest BCUT2D eigenvalue weighted by Gasteiger charge is -2.39. The van der Waals surface area contributed by atoms with Crippen molar-refractivity contribution in [3.05, 3.63) is 0 Å². The van der Waals surface area contributed by atoms with Gasteiger partial charge in [0.15, 0.2) is 5.96 Å². The average molecular weight is 378 g/mol. The van der Waals surface area contributed by atoms with Crippen molar-refractivity contribution in [2.75, 3.05) is 52.4 Å². The minimum atomic E-state index is 0.00201. The Bertz CT molecular complexity index is 515. The summed E-state index contributed by atoms with van der Waals surface area (Å²) in [6.45, 7) is 14.1. The second kappa shape index (κ2) is 9.26. The van der Waals surface area contributed by atoms with Crippen LogP contribution in [0, 0.1) is 5.41 Å². The maximum absolute atomic E-state index is 12.7. The molecule has 1 amide bonds. The number of aliphatic imine (C=N–C) groups is 1. The van der Waals surface area contributed by atoms with E-state index in [9.17, 15) is 4.79 Å². The van der Waals surface area contributed by atoms with Gasteiger partial charge in [0.25, 0.3) is 0 Å². The third-order valence-corrected chi connectivity index (χ3v) is 6.69. The molecule has 0 radical (unpaired) electrons. The quantitative estimate of drug-likeness (QED) is 0.589. The molecule has 1 aliphatic carbocycles. The molecule has 154 valence electrons. The van der Waals surface area contributed by atoms with Crippen molar-refractivity contribution in [1.29, 1.82) is 0 Å². The van der Waals surface area contributed by atoms with Gasteiger partial charge in [-0.25, -0.2) is 0 Å². The largest absolute Gasteiger partial charge is 0.357 e. The third kappa shape index (κ3) is 5.15. The number of carbonyl (C=O) groups is 1. The highest BCUT2D eigenvalue weighted by Gasteiger charge is 2.31. The van der Waals surface area contributed by atoms with E-state index in [1.165, 1.54) is 25.7 Å². The smallest absolute Gasteiger partial charge is 0.239 e. The molecule has 1 N–H and O–H groups in total. The van der Waals surface area contributed by atoms with E-state index in [2.05, 4.69) is 35.9 Å². The minimum absolute atomic E-state index is 0.00201. The van der Waals surface area contributed by atoms with E-state index in [0.29, 0.717) is 11.3 Å². The summed E-state index contributed by atoms with van der Waals surface area (Å²) in [5.41, 5.74) is 0.388. The zero-order valence-corrected chi connectivity index (χ0v) is 17.7. The van der Waals surface area contributed by atoms with Crippen molar-refractivity contribution in [3.8, 4) is 0 Å². The van der Waals surface area contributed by atoms with Gasteiger partial charge in [-0.05, 0) is 44.9 Å². The molecule has 6 heteroatoms. The number of nitrogens with zero attached hydrogens (tertiary/aromatic N) is 4. The molecule has 3 fully saturated rings. The van der Waals surface area contributed by atoms with Crippen LogP contribution in [0.3, 0.4) is 0 Å². The van der Waals surface area contributed by atoms with E-state index < -0.39 is 0 Å². The highest BCUT2D eigenvalue weighted by atomic mass is 16.2. The third-order valence-electron chi connectivity index (χ3n) is 6.69. The van der Waals surface area contributed by atoms with Gasteiger partial charge >= 0.3 is 0 Å². The van der Waals surface area contributed by atoms with E-state index in [1.54, 1.807) is 0 Å². The predicted molar refractivity (Wildman–Crippen MR) is 111 cm³/mol. The molecule has 27 heavy (non-hydrogen) atoms. The predicted octanol–water partition coefficient (Wildman–Crippen LogP) is 2.16. The van der Waals surface area contributed by atoms with E-state index in [1.807, 2.05) is 4.90 Å². The minimum Gasteiger partial charge on any atom is -0.357 e. The standard InChI is InChI=1S/C21H39N5O/c1-4-22-20(23-17-21(3)9-5-6-10-21)26-15-13-24(14-16-26)18(2)19(27)25-11-7-8-12-25/h18H,4-17H2,1-3H3,(H,22,23). The lowest BCUT2D eigenvalue weighted by atomic mass is 9.89. The summed E-state index contributed by atoms with van der Waals surface area (Å²) in [5, 5.41) is 3.49. The van der Waals surface area contributed by atoms with Gasteiger partial charge in [0.1, 0.15) is 0 Å². The molecule has 2 aliphatic heterocycles. The molecule has 0 aromatic rings. The van der Waals surface area contributed by atoms with Crippen molar-refractivity contribution >= 4 is 11.9 Å². The van der Waals surface area contributed by atoms with Gasteiger partial charge in [0.2, 0.25) is 5.91 Å². The number of piperazine rings is 1. The first-order valence-electron chi connectivity index (χ1n) is 11.1. The topological polar surface area (TPSA) is 51.2 Å². The van der Waals surface area contributed by atoms with Crippen molar-refractivity contribution in [2.45, 2.75) is 65.3 Å². The van der Waals surface area contributed by atoms with Gasteiger partial charge in [-0.1, -0.05) is 19.8 Å². The van der Waals surface area contributed by atoms with E-state index in [-0.39, 0.29) is 6.04 Å². The number of carbonyl (C=O) groups excluding carboxylic acids is 1. The van der Waals surface area contributed by atoms with Gasteiger partial charge < -0.3 is 15.1 Å². The van der Waals surface area contributed by atoms with Crippen molar-refractivity contribution in [3.63, 3.8) is 0 Å². The number of likely N-dealkylation sites (tertiary alicyclic amines) is 1. The molecular weight excluding hydrogens is 338 g/mol. The summed E-state index contributed by atoms with van der Waals surface area (Å²) in [6.07, 6.45) is 7.63. The Labute approximate surface area is 165 Å². The molecule has 3 rings (SSSR count). The van der Waals surface area contributed by atoms with Crippen LogP contribution in [-0.2, 0) is 4.79 Å². The van der Waals surface area contributed by atoms with Crippen LogP contribution in [0.25, 0.3) is 0 Å². The average Bonchev–Trinajstić information content (AvgIpc) is 3.36. The summed E-state index contributed by atoms with van der Waals surface area (Å²) < 4.78 is 0. The van der Waals surface area contributed by atoms with E-state index in [0.717, 1.165) is 71.2 Å². The first-order chi connectivity index (χ1) is 13.0. The number of guanidine groups is 1. The molecule has 0 bridgehead atoms. The number of amides is 1. The van der Waals surface area contributed by atoms with Gasteiger partial charge in [-0.3, -0.25) is 14.7 Å². The number of rotatable bonds is 5. The van der Waals surface area contributed by atoms with Crippen LogP contribution in [0.5, 0.6) is 0 Å². The van der Waals surface area contributed by atoms with Crippen LogP contribution < -0.4 is 5.32 Å². The van der Waals surface area contributed by atoms with Gasteiger partial charge in [-0.15, -0.1) is 0 Å². The van der Waals surface area contributed by atoms with Gasteiger partial charge in [0.05, 0.1) is 6.04 Å². The Balaban J connectivity index is 1.53. The molecule has 0 aromatic heterocycles. The fraction of sp³-hybridized carbons (Fsp3) is 0.905. The van der Waals surface area contributed by atoms with Crippen LogP contribution in [0.1, 0.15) is 59.3 Å². The molecule has 2 saturated heterocycles. The van der Waals surface area contributed by atoms with Gasteiger partial charge in [-0.2, -0.15) is 0 Å². The van der Waals surface area contributed by atoms with Crippen LogP contribution in [0.4, 0.5) is 0 Å². The normalized spacial score (nSPS) is 25.1. The first-order valence-corrected chi connectivity index (χ1v) is 11.1. The number of nitrogens with one attached hydrogen (secondary N) is 1. The first kappa shape index (κ1) is 20.4. The molecule has 3 aliphatic rings. The van der Waals surface area contributed by atoms with Crippen molar-refractivity contribution < 1.29 is 4.79 Å². The second-order valence-corrected chi connectivity index (χ2v) is 8.92. The zero-order chi connectivity index (χ0) is 19.3. The Kier molecular flexibility index (Phi) is 7.01. The van der Waals surface area contributed by atoms with Crippen LogP contribution in [0.15, 0.2) is 4.99 Å². The number of hydrogen-bond acceptors (Lipinski definition) is 3. The fourth-order valence-corrected chi connectivity index (χ4v) is 4.76. The summed E-state index contributed by atoms with van der Waals surface area (Å²) in [4.78, 5) is 24.5. The summed E-state index contributed by atoms with van der Waals surface area (Å²) >= 11 is 0. The summed E-state index contributed by atoms with van der Waals surface area (Å²) in [7, 11) is 0. The van der Waals surface area contributed by atoms with E-state index >= 15 is 0 Å². The fourth-order valence-electron chi connectivity index (χ4n) is 4.76. The Hall–Kier alpha value is -1.30. The lowest BCUT2D eigenvalue weighted by molar-refractivity contribution is -0.135. The molecule has 6 nitrogen and oxygen atoms in total. The maximum atomic E-state index is 12.7. The highest BCUT2D eigenvalue weighted by molar-refractivity contribution is 5.82. The number of hydrogen-bond donors (Lipinski definition) is 1. The van der Waals surface area contributed by atoms with Crippen LogP contribution in [-0.4, -0.2) is 85.0 Å².